The average Bonchev–Trinajstić information content (AvgIpc) is 3.06. The Bertz CT molecular complexity index is 832. The van der Waals surface area contributed by atoms with Gasteiger partial charge in [-0.2, -0.15) is 0 Å². The smallest absolute Gasteiger partial charge is 0.363 e. The van der Waals surface area contributed by atoms with Crippen molar-refractivity contribution in [3.8, 4) is 11.3 Å². The van der Waals surface area contributed by atoms with Crippen molar-refractivity contribution in [1.29, 1.82) is 0 Å². The number of hydrogen-bond donors (Lipinski definition) is 0. The van der Waals surface area contributed by atoms with Crippen LogP contribution in [0.1, 0.15) is 12.7 Å². The summed E-state index contributed by atoms with van der Waals surface area (Å²) in [4.78, 5) is 26.0. The van der Waals surface area contributed by atoms with Gasteiger partial charge in [-0.15, -0.1) is 0 Å². The molecule has 0 N–H and O–H groups in total. The minimum atomic E-state index is -0.554. The number of esters is 1. The Morgan fingerprint density at radius 1 is 1.23 bits per heavy atom. The molecule has 0 saturated carbocycles. The van der Waals surface area contributed by atoms with Gasteiger partial charge in [-0.25, -0.2) is 9.79 Å². The first-order valence-corrected chi connectivity index (χ1v) is 6.37. The fourth-order valence-electron chi connectivity index (χ4n) is 2.07. The van der Waals surface area contributed by atoms with E-state index < -0.39 is 10.9 Å². The van der Waals surface area contributed by atoms with E-state index in [0.29, 0.717) is 17.1 Å². The van der Waals surface area contributed by atoms with Crippen molar-refractivity contribution in [2.45, 2.75) is 6.92 Å². The monoisotopic (exact) mass is 298 g/mol. The van der Waals surface area contributed by atoms with Gasteiger partial charge in [0.25, 0.3) is 5.69 Å². The Labute approximate surface area is 124 Å². The number of ether oxygens (including phenoxy) is 1. The lowest BCUT2D eigenvalue weighted by atomic mass is 10.1. The number of furan rings is 1. The number of nitro benzene ring substituents is 1. The van der Waals surface area contributed by atoms with Crippen molar-refractivity contribution in [3.63, 3.8) is 0 Å². The van der Waals surface area contributed by atoms with Crippen molar-refractivity contribution in [2.24, 2.45) is 4.99 Å². The molecular weight excluding hydrogens is 288 g/mol. The Morgan fingerprint density at radius 2 is 2.00 bits per heavy atom. The third-order valence-corrected chi connectivity index (χ3v) is 3.00. The summed E-state index contributed by atoms with van der Waals surface area (Å²) >= 11 is 0. The van der Waals surface area contributed by atoms with Gasteiger partial charge in [-0.3, -0.25) is 10.1 Å². The number of hydrogen-bond acceptors (Lipinski definition) is 6. The third-order valence-electron chi connectivity index (χ3n) is 3.00. The summed E-state index contributed by atoms with van der Waals surface area (Å²) in [5.74, 6) is 0.410. The molecule has 0 radical (unpaired) electrons. The van der Waals surface area contributed by atoms with Crippen LogP contribution in [0.2, 0.25) is 0 Å². The first-order valence-electron chi connectivity index (χ1n) is 6.37. The molecule has 0 atom stereocenters. The summed E-state index contributed by atoms with van der Waals surface area (Å²) in [6.45, 7) is 1.57. The minimum Gasteiger partial charge on any atom is -0.456 e. The summed E-state index contributed by atoms with van der Waals surface area (Å²) in [7, 11) is 0. The van der Waals surface area contributed by atoms with E-state index in [1.54, 1.807) is 37.3 Å². The second-order valence-corrected chi connectivity index (χ2v) is 4.53. The van der Waals surface area contributed by atoms with E-state index in [9.17, 15) is 14.9 Å². The maximum atomic E-state index is 11.5. The SMILES string of the molecule is CC1=N/C(=C\c2ccc(-c3ccccc3[N+](=O)[O-])o2)C(=O)O1. The van der Waals surface area contributed by atoms with Crippen LogP contribution in [0.4, 0.5) is 5.69 Å². The lowest BCUT2D eigenvalue weighted by Crippen LogP contribution is -1.99. The van der Waals surface area contributed by atoms with Crippen LogP contribution in [0.25, 0.3) is 17.4 Å². The van der Waals surface area contributed by atoms with Crippen LogP contribution in [-0.2, 0) is 9.53 Å². The number of aliphatic imine (C=N–C) groups is 1. The second kappa shape index (κ2) is 5.28. The topological polar surface area (TPSA) is 94.9 Å². The van der Waals surface area contributed by atoms with Gasteiger partial charge in [-0.1, -0.05) is 12.1 Å². The van der Waals surface area contributed by atoms with Gasteiger partial charge >= 0.3 is 5.97 Å². The van der Waals surface area contributed by atoms with E-state index in [2.05, 4.69) is 4.99 Å². The molecule has 1 aliphatic rings. The summed E-state index contributed by atoms with van der Waals surface area (Å²) in [5.41, 5.74) is 0.442. The molecule has 110 valence electrons. The Hall–Kier alpha value is -3.22. The number of benzene rings is 1. The predicted octanol–water partition coefficient (Wildman–Crippen LogP) is 3.17. The maximum Gasteiger partial charge on any atom is 0.363 e. The Kier molecular flexibility index (Phi) is 3.30. The predicted molar refractivity (Wildman–Crippen MR) is 78.0 cm³/mol. The van der Waals surface area contributed by atoms with Crippen molar-refractivity contribution in [3.05, 3.63) is 58.0 Å². The molecule has 0 aliphatic carbocycles. The van der Waals surface area contributed by atoms with Gasteiger partial charge in [0.2, 0.25) is 0 Å². The number of para-hydroxylation sites is 1. The number of rotatable bonds is 3. The van der Waals surface area contributed by atoms with E-state index >= 15 is 0 Å². The molecule has 0 saturated heterocycles. The number of nitrogens with zero attached hydrogens (tertiary/aromatic N) is 2. The summed E-state index contributed by atoms with van der Waals surface area (Å²) in [6, 6.07) is 9.48. The van der Waals surface area contributed by atoms with E-state index in [4.69, 9.17) is 9.15 Å². The van der Waals surface area contributed by atoms with E-state index in [-0.39, 0.29) is 17.3 Å². The highest BCUT2D eigenvalue weighted by molar-refractivity contribution is 6.06. The summed E-state index contributed by atoms with van der Waals surface area (Å²) in [6.07, 6.45) is 1.43. The van der Waals surface area contributed by atoms with Gasteiger partial charge in [0, 0.05) is 19.1 Å². The van der Waals surface area contributed by atoms with E-state index in [1.807, 2.05) is 0 Å². The van der Waals surface area contributed by atoms with Gasteiger partial charge < -0.3 is 9.15 Å². The van der Waals surface area contributed by atoms with Crippen LogP contribution >= 0.6 is 0 Å². The molecule has 0 amide bonds. The maximum absolute atomic E-state index is 11.5. The average molecular weight is 298 g/mol. The zero-order valence-corrected chi connectivity index (χ0v) is 11.5. The second-order valence-electron chi connectivity index (χ2n) is 4.53. The molecular formula is C15H10N2O5. The van der Waals surface area contributed by atoms with Crippen LogP contribution in [0.3, 0.4) is 0 Å². The number of nitro groups is 1. The number of carbonyl (C=O) groups excluding carboxylic acids is 1. The van der Waals surface area contributed by atoms with Crippen LogP contribution in [-0.4, -0.2) is 16.8 Å². The quantitative estimate of drug-likeness (QED) is 0.375. The van der Waals surface area contributed by atoms with Crippen molar-refractivity contribution in [2.75, 3.05) is 0 Å². The minimum absolute atomic E-state index is 0.0507. The first kappa shape index (κ1) is 13.7. The fourth-order valence-corrected chi connectivity index (χ4v) is 2.07. The fraction of sp³-hybridized carbons (Fsp3) is 0.0667. The van der Waals surface area contributed by atoms with Crippen molar-refractivity contribution in [1.82, 2.24) is 0 Å². The van der Waals surface area contributed by atoms with E-state index in [0.717, 1.165) is 0 Å². The van der Waals surface area contributed by atoms with Crippen LogP contribution in [0, 0.1) is 10.1 Å². The summed E-state index contributed by atoms with van der Waals surface area (Å²) < 4.78 is 10.3. The molecule has 2 aromatic rings. The van der Waals surface area contributed by atoms with Gasteiger partial charge in [0.15, 0.2) is 11.6 Å². The molecule has 0 unspecified atom stereocenters. The van der Waals surface area contributed by atoms with Crippen LogP contribution in [0.5, 0.6) is 0 Å². The third kappa shape index (κ3) is 2.51. The molecule has 7 heteroatoms. The van der Waals surface area contributed by atoms with E-state index in [1.165, 1.54) is 12.1 Å². The number of cyclic esters (lactones) is 1. The molecule has 1 aromatic carbocycles. The zero-order chi connectivity index (χ0) is 15.7. The highest BCUT2D eigenvalue weighted by Crippen LogP contribution is 2.31. The molecule has 7 nitrogen and oxygen atoms in total. The summed E-state index contributed by atoms with van der Waals surface area (Å²) in [5, 5.41) is 11.0. The highest BCUT2D eigenvalue weighted by atomic mass is 16.6. The molecule has 2 heterocycles. The first-order chi connectivity index (χ1) is 10.5. The molecule has 0 spiro atoms. The van der Waals surface area contributed by atoms with Crippen LogP contribution < -0.4 is 0 Å². The van der Waals surface area contributed by atoms with Gasteiger partial charge in [0.05, 0.1) is 10.5 Å². The largest absolute Gasteiger partial charge is 0.456 e. The standard InChI is InChI=1S/C15H10N2O5/c1-9-16-12(15(18)21-9)8-10-6-7-14(22-10)11-4-2-3-5-13(11)17(19)20/h2-8H,1H3/b12-8-. The normalized spacial score (nSPS) is 15.8. The Morgan fingerprint density at radius 3 is 2.68 bits per heavy atom. The molecule has 0 bridgehead atoms. The zero-order valence-electron chi connectivity index (χ0n) is 11.5. The van der Waals surface area contributed by atoms with Gasteiger partial charge in [-0.05, 0) is 18.2 Å². The lowest BCUT2D eigenvalue weighted by Gasteiger charge is -1.98. The lowest BCUT2D eigenvalue weighted by molar-refractivity contribution is -0.384. The molecule has 1 aromatic heterocycles. The molecule has 3 rings (SSSR count). The molecule has 0 fully saturated rings. The molecule has 22 heavy (non-hydrogen) atoms. The highest BCUT2D eigenvalue weighted by Gasteiger charge is 2.21. The molecule has 1 aliphatic heterocycles. The Balaban J connectivity index is 1.97. The van der Waals surface area contributed by atoms with Gasteiger partial charge in [0.1, 0.15) is 11.5 Å². The number of carbonyl (C=O) groups is 1. The van der Waals surface area contributed by atoms with Crippen molar-refractivity contribution >= 4 is 23.6 Å². The van der Waals surface area contributed by atoms with Crippen molar-refractivity contribution < 1.29 is 18.9 Å². The van der Waals surface area contributed by atoms with Crippen LogP contribution in [0.15, 0.2) is 51.5 Å².